The van der Waals surface area contributed by atoms with Crippen molar-refractivity contribution in [3.05, 3.63) is 17.5 Å². The molecule has 0 amide bonds. The molecule has 70 valence electrons. The van der Waals surface area contributed by atoms with Crippen LogP contribution in [0.15, 0.2) is 6.07 Å². The lowest BCUT2D eigenvalue weighted by atomic mass is 9.83. The molecule has 1 aliphatic heterocycles. The standard InChI is InChI=1S/C10H15N3/c1-2-8(3-1)10-6-9-7-11-4-5-13(9)12-10/h6,8,11H,1-5,7H2. The van der Waals surface area contributed by atoms with Gasteiger partial charge in [0.2, 0.25) is 0 Å². The first-order chi connectivity index (χ1) is 6.43. The van der Waals surface area contributed by atoms with Gasteiger partial charge in [0.25, 0.3) is 0 Å². The van der Waals surface area contributed by atoms with E-state index in [0.29, 0.717) is 0 Å². The molecule has 2 heterocycles. The van der Waals surface area contributed by atoms with Gasteiger partial charge in [-0.25, -0.2) is 0 Å². The van der Waals surface area contributed by atoms with Crippen molar-refractivity contribution in [1.82, 2.24) is 15.1 Å². The van der Waals surface area contributed by atoms with Crippen LogP contribution in [0.2, 0.25) is 0 Å². The molecule has 1 aromatic rings. The summed E-state index contributed by atoms with van der Waals surface area (Å²) in [4.78, 5) is 0. The lowest BCUT2D eigenvalue weighted by Crippen LogP contribution is -2.28. The lowest BCUT2D eigenvalue weighted by Gasteiger charge is -2.22. The summed E-state index contributed by atoms with van der Waals surface area (Å²) in [6.07, 6.45) is 4.10. The molecule has 1 fully saturated rings. The summed E-state index contributed by atoms with van der Waals surface area (Å²) in [5.41, 5.74) is 2.71. The topological polar surface area (TPSA) is 29.9 Å². The number of rotatable bonds is 1. The highest BCUT2D eigenvalue weighted by atomic mass is 15.3. The molecule has 3 heteroatoms. The van der Waals surface area contributed by atoms with Crippen LogP contribution in [0.25, 0.3) is 0 Å². The second kappa shape index (κ2) is 2.84. The molecule has 1 N–H and O–H groups in total. The van der Waals surface area contributed by atoms with E-state index in [0.717, 1.165) is 25.6 Å². The van der Waals surface area contributed by atoms with Gasteiger partial charge >= 0.3 is 0 Å². The molecule has 0 radical (unpaired) electrons. The van der Waals surface area contributed by atoms with Gasteiger partial charge in [0.1, 0.15) is 0 Å². The lowest BCUT2D eigenvalue weighted by molar-refractivity contribution is 0.401. The second-order valence-corrected chi connectivity index (χ2v) is 4.09. The predicted octanol–water partition coefficient (Wildman–Crippen LogP) is 1.25. The highest BCUT2D eigenvalue weighted by molar-refractivity contribution is 5.17. The van der Waals surface area contributed by atoms with Crippen molar-refractivity contribution in [2.75, 3.05) is 6.54 Å². The number of nitrogens with one attached hydrogen (secondary N) is 1. The van der Waals surface area contributed by atoms with Gasteiger partial charge in [-0.2, -0.15) is 5.10 Å². The molecular formula is C10H15N3. The van der Waals surface area contributed by atoms with Gasteiger partial charge in [0.05, 0.1) is 17.9 Å². The normalized spacial score (nSPS) is 22.5. The van der Waals surface area contributed by atoms with Crippen LogP contribution in [0.1, 0.15) is 36.6 Å². The fraction of sp³-hybridized carbons (Fsp3) is 0.700. The number of aromatic nitrogens is 2. The van der Waals surface area contributed by atoms with E-state index in [9.17, 15) is 0 Å². The minimum Gasteiger partial charge on any atom is -0.309 e. The summed E-state index contributed by atoms with van der Waals surface area (Å²) in [7, 11) is 0. The molecule has 3 rings (SSSR count). The number of fused-ring (bicyclic) bond motifs is 1. The average Bonchev–Trinajstić information content (AvgIpc) is 2.43. The van der Waals surface area contributed by atoms with Gasteiger partial charge < -0.3 is 5.32 Å². The van der Waals surface area contributed by atoms with E-state index in [-0.39, 0.29) is 0 Å². The van der Waals surface area contributed by atoms with Gasteiger partial charge in [-0.05, 0) is 18.9 Å². The summed E-state index contributed by atoms with van der Waals surface area (Å²) in [5.74, 6) is 0.776. The highest BCUT2D eigenvalue weighted by Crippen LogP contribution is 2.35. The molecule has 0 unspecified atom stereocenters. The SMILES string of the molecule is c1c(C2CCC2)nn2c1CNCC2. The Kier molecular flexibility index (Phi) is 1.65. The van der Waals surface area contributed by atoms with E-state index in [1.807, 2.05) is 0 Å². The Labute approximate surface area is 78.1 Å². The Morgan fingerprint density at radius 3 is 3.08 bits per heavy atom. The molecule has 1 saturated carbocycles. The van der Waals surface area contributed by atoms with Crippen LogP contribution in [0, 0.1) is 0 Å². The van der Waals surface area contributed by atoms with Gasteiger partial charge in [-0.3, -0.25) is 4.68 Å². The van der Waals surface area contributed by atoms with Gasteiger partial charge in [-0.1, -0.05) is 6.42 Å². The predicted molar refractivity (Wildman–Crippen MR) is 50.5 cm³/mol. The third-order valence-electron chi connectivity index (χ3n) is 3.21. The van der Waals surface area contributed by atoms with Gasteiger partial charge in [-0.15, -0.1) is 0 Å². The van der Waals surface area contributed by atoms with Crippen molar-refractivity contribution in [2.24, 2.45) is 0 Å². The van der Waals surface area contributed by atoms with Crippen LogP contribution >= 0.6 is 0 Å². The van der Waals surface area contributed by atoms with E-state index < -0.39 is 0 Å². The average molecular weight is 177 g/mol. The van der Waals surface area contributed by atoms with E-state index in [4.69, 9.17) is 0 Å². The van der Waals surface area contributed by atoms with E-state index in [1.165, 1.54) is 30.7 Å². The molecule has 1 aliphatic carbocycles. The Balaban J connectivity index is 1.90. The van der Waals surface area contributed by atoms with Crippen LogP contribution < -0.4 is 5.32 Å². The number of hydrogen-bond acceptors (Lipinski definition) is 2. The van der Waals surface area contributed by atoms with Gasteiger partial charge in [0, 0.05) is 19.0 Å². The Morgan fingerprint density at radius 1 is 1.46 bits per heavy atom. The van der Waals surface area contributed by atoms with Crippen LogP contribution in [-0.2, 0) is 13.1 Å². The monoisotopic (exact) mass is 177 g/mol. The molecule has 0 atom stereocenters. The molecule has 0 aromatic carbocycles. The number of hydrogen-bond donors (Lipinski definition) is 1. The summed E-state index contributed by atoms with van der Waals surface area (Å²) >= 11 is 0. The second-order valence-electron chi connectivity index (χ2n) is 4.09. The van der Waals surface area contributed by atoms with Crippen LogP contribution in [0.3, 0.4) is 0 Å². The molecule has 0 spiro atoms. The number of nitrogens with zero attached hydrogens (tertiary/aromatic N) is 2. The fourth-order valence-electron chi connectivity index (χ4n) is 2.12. The van der Waals surface area contributed by atoms with Crippen LogP contribution in [0.5, 0.6) is 0 Å². The Bertz CT molecular complexity index is 288. The van der Waals surface area contributed by atoms with Crippen molar-refractivity contribution >= 4 is 0 Å². The smallest absolute Gasteiger partial charge is 0.0658 e. The molecule has 2 aliphatic rings. The fourth-order valence-corrected chi connectivity index (χ4v) is 2.12. The minimum absolute atomic E-state index is 0.776. The molecule has 0 saturated heterocycles. The first-order valence-electron chi connectivity index (χ1n) is 5.21. The maximum atomic E-state index is 4.65. The maximum Gasteiger partial charge on any atom is 0.0658 e. The highest BCUT2D eigenvalue weighted by Gasteiger charge is 2.23. The van der Waals surface area contributed by atoms with E-state index >= 15 is 0 Å². The van der Waals surface area contributed by atoms with Crippen molar-refractivity contribution in [3.8, 4) is 0 Å². The van der Waals surface area contributed by atoms with Crippen LogP contribution in [0.4, 0.5) is 0 Å². The molecule has 13 heavy (non-hydrogen) atoms. The third kappa shape index (κ3) is 1.18. The van der Waals surface area contributed by atoms with Crippen molar-refractivity contribution in [1.29, 1.82) is 0 Å². The molecule has 1 aromatic heterocycles. The zero-order chi connectivity index (χ0) is 8.67. The van der Waals surface area contributed by atoms with Crippen LogP contribution in [-0.4, -0.2) is 16.3 Å². The summed E-state index contributed by atoms with van der Waals surface area (Å²) in [5, 5.41) is 8.02. The molecule has 0 bridgehead atoms. The first-order valence-corrected chi connectivity index (χ1v) is 5.21. The Morgan fingerprint density at radius 2 is 2.38 bits per heavy atom. The zero-order valence-electron chi connectivity index (χ0n) is 7.79. The quantitative estimate of drug-likeness (QED) is 0.699. The van der Waals surface area contributed by atoms with E-state index in [2.05, 4.69) is 21.2 Å². The molecular weight excluding hydrogens is 162 g/mol. The summed E-state index contributed by atoms with van der Waals surface area (Å²) < 4.78 is 2.17. The third-order valence-corrected chi connectivity index (χ3v) is 3.21. The summed E-state index contributed by atoms with van der Waals surface area (Å²) in [6.45, 7) is 3.11. The zero-order valence-corrected chi connectivity index (χ0v) is 7.79. The summed E-state index contributed by atoms with van der Waals surface area (Å²) in [6, 6.07) is 2.29. The van der Waals surface area contributed by atoms with Crippen molar-refractivity contribution < 1.29 is 0 Å². The Hall–Kier alpha value is -0.830. The molecule has 3 nitrogen and oxygen atoms in total. The van der Waals surface area contributed by atoms with Crippen molar-refractivity contribution in [3.63, 3.8) is 0 Å². The maximum absolute atomic E-state index is 4.65. The first kappa shape index (κ1) is 7.56. The largest absolute Gasteiger partial charge is 0.309 e. The van der Waals surface area contributed by atoms with Crippen molar-refractivity contribution in [2.45, 2.75) is 38.3 Å². The van der Waals surface area contributed by atoms with E-state index in [1.54, 1.807) is 0 Å². The minimum atomic E-state index is 0.776. The van der Waals surface area contributed by atoms with Gasteiger partial charge in [0.15, 0.2) is 0 Å².